The minimum absolute atomic E-state index is 0.109. The summed E-state index contributed by atoms with van der Waals surface area (Å²) in [5.74, 6) is -0.145. The van der Waals surface area contributed by atoms with E-state index < -0.39 is 0 Å². The van der Waals surface area contributed by atoms with Crippen molar-refractivity contribution < 1.29 is 9.53 Å². The first-order valence-corrected chi connectivity index (χ1v) is 6.20. The van der Waals surface area contributed by atoms with Gasteiger partial charge in [0.2, 0.25) is 0 Å². The molecule has 1 N–H and O–H groups in total. The maximum absolute atomic E-state index is 11.6. The molecule has 1 aromatic rings. The van der Waals surface area contributed by atoms with Gasteiger partial charge in [0.15, 0.2) is 0 Å². The lowest BCUT2D eigenvalue weighted by Crippen LogP contribution is -2.32. The fourth-order valence-corrected chi connectivity index (χ4v) is 2.15. The quantitative estimate of drug-likeness (QED) is 0.865. The summed E-state index contributed by atoms with van der Waals surface area (Å²) in [5.41, 5.74) is 0.994. The minimum Gasteiger partial charge on any atom is -0.460 e. The Morgan fingerprint density at radius 3 is 3.00 bits per heavy atom. The molecule has 1 aromatic carbocycles. The Balaban J connectivity index is 1.87. The molecule has 1 atom stereocenters. The lowest BCUT2D eigenvalue weighted by Gasteiger charge is -2.10. The van der Waals surface area contributed by atoms with E-state index >= 15 is 0 Å². The van der Waals surface area contributed by atoms with Gasteiger partial charge in [0, 0.05) is 10.0 Å². The molecule has 0 bridgehead atoms. The number of benzene rings is 1. The molecule has 1 aliphatic rings. The monoisotopic (exact) mass is 283 g/mol. The Bertz CT molecular complexity index is 375. The summed E-state index contributed by atoms with van der Waals surface area (Å²) in [5, 5.41) is 3.12. The zero-order valence-corrected chi connectivity index (χ0v) is 10.5. The van der Waals surface area contributed by atoms with Crippen molar-refractivity contribution in [2.45, 2.75) is 25.5 Å². The van der Waals surface area contributed by atoms with Crippen molar-refractivity contribution in [1.82, 2.24) is 5.32 Å². The molecule has 4 heteroatoms. The number of hydrogen-bond donors (Lipinski definition) is 1. The molecule has 86 valence electrons. The van der Waals surface area contributed by atoms with Crippen molar-refractivity contribution in [2.24, 2.45) is 0 Å². The Hall–Kier alpha value is -0.870. The van der Waals surface area contributed by atoms with Crippen LogP contribution < -0.4 is 5.32 Å². The average Bonchev–Trinajstić information content (AvgIpc) is 2.81. The van der Waals surface area contributed by atoms with E-state index in [1.807, 2.05) is 24.3 Å². The van der Waals surface area contributed by atoms with Crippen molar-refractivity contribution in [3.8, 4) is 0 Å². The Morgan fingerprint density at radius 1 is 1.50 bits per heavy atom. The van der Waals surface area contributed by atoms with Crippen LogP contribution in [0, 0.1) is 0 Å². The number of rotatable bonds is 3. The molecule has 1 aliphatic heterocycles. The largest absolute Gasteiger partial charge is 0.460 e. The minimum atomic E-state index is -0.145. The van der Waals surface area contributed by atoms with Crippen LogP contribution in [0.5, 0.6) is 0 Å². The number of carbonyl (C=O) groups excluding carboxylic acids is 1. The van der Waals surface area contributed by atoms with Crippen LogP contribution in [0.15, 0.2) is 28.7 Å². The summed E-state index contributed by atoms with van der Waals surface area (Å²) in [6.07, 6.45) is 1.93. The number of esters is 1. The summed E-state index contributed by atoms with van der Waals surface area (Å²) in [4.78, 5) is 11.6. The molecule has 0 aromatic heterocycles. The van der Waals surface area contributed by atoms with E-state index in [1.54, 1.807) is 0 Å². The van der Waals surface area contributed by atoms with Crippen molar-refractivity contribution in [2.75, 3.05) is 6.54 Å². The van der Waals surface area contributed by atoms with E-state index in [0.29, 0.717) is 6.61 Å². The van der Waals surface area contributed by atoms with Crippen LogP contribution in [0.2, 0.25) is 0 Å². The Labute approximate surface area is 103 Å². The number of carbonyl (C=O) groups is 1. The molecule has 0 spiro atoms. The molecule has 0 aliphatic carbocycles. The highest BCUT2D eigenvalue weighted by atomic mass is 79.9. The van der Waals surface area contributed by atoms with Gasteiger partial charge in [-0.25, -0.2) is 0 Å². The van der Waals surface area contributed by atoms with Gasteiger partial charge in [-0.3, -0.25) is 4.79 Å². The average molecular weight is 284 g/mol. The van der Waals surface area contributed by atoms with Gasteiger partial charge in [-0.2, -0.15) is 0 Å². The predicted molar refractivity (Wildman–Crippen MR) is 65.0 cm³/mol. The topological polar surface area (TPSA) is 38.3 Å². The summed E-state index contributed by atoms with van der Waals surface area (Å²) in [7, 11) is 0. The predicted octanol–water partition coefficient (Wildman–Crippen LogP) is 2.24. The highest BCUT2D eigenvalue weighted by molar-refractivity contribution is 9.10. The Morgan fingerprint density at radius 2 is 2.31 bits per heavy atom. The highest BCUT2D eigenvalue weighted by Crippen LogP contribution is 2.17. The second kappa shape index (κ2) is 5.46. The summed E-state index contributed by atoms with van der Waals surface area (Å²) < 4.78 is 6.24. The van der Waals surface area contributed by atoms with Crippen LogP contribution in [0.1, 0.15) is 18.4 Å². The van der Waals surface area contributed by atoms with Crippen LogP contribution >= 0.6 is 15.9 Å². The lowest BCUT2D eigenvalue weighted by molar-refractivity contribution is -0.147. The van der Waals surface area contributed by atoms with E-state index in [0.717, 1.165) is 29.4 Å². The van der Waals surface area contributed by atoms with Crippen LogP contribution in [0.3, 0.4) is 0 Å². The van der Waals surface area contributed by atoms with Gasteiger partial charge < -0.3 is 10.1 Å². The van der Waals surface area contributed by atoms with E-state index in [2.05, 4.69) is 21.2 Å². The first-order valence-electron chi connectivity index (χ1n) is 5.41. The van der Waals surface area contributed by atoms with Crippen molar-refractivity contribution >= 4 is 21.9 Å². The summed E-state index contributed by atoms with van der Waals surface area (Å²) in [6, 6.07) is 7.65. The molecule has 3 nitrogen and oxygen atoms in total. The zero-order valence-electron chi connectivity index (χ0n) is 8.91. The third-order valence-corrected chi connectivity index (χ3v) is 3.45. The fraction of sp³-hybridized carbons (Fsp3) is 0.417. The number of halogens is 1. The van der Waals surface area contributed by atoms with E-state index in [4.69, 9.17) is 4.74 Å². The molecular weight excluding hydrogens is 270 g/mol. The van der Waals surface area contributed by atoms with Crippen molar-refractivity contribution in [3.05, 3.63) is 34.3 Å². The summed E-state index contributed by atoms with van der Waals surface area (Å²) >= 11 is 3.42. The van der Waals surface area contributed by atoms with Crippen LogP contribution in [0.25, 0.3) is 0 Å². The third kappa shape index (κ3) is 2.83. The molecule has 0 amide bonds. The first-order chi connectivity index (χ1) is 7.77. The lowest BCUT2D eigenvalue weighted by atomic mass is 10.2. The van der Waals surface area contributed by atoms with Crippen molar-refractivity contribution in [1.29, 1.82) is 0 Å². The normalized spacial score (nSPS) is 19.7. The number of nitrogens with one attached hydrogen (secondary N) is 1. The molecule has 16 heavy (non-hydrogen) atoms. The third-order valence-electron chi connectivity index (χ3n) is 2.67. The smallest absolute Gasteiger partial charge is 0.323 e. The molecule has 0 radical (unpaired) electrons. The van der Waals surface area contributed by atoms with Crippen LogP contribution in [-0.2, 0) is 16.1 Å². The zero-order chi connectivity index (χ0) is 11.4. The SMILES string of the molecule is O=C(OCc1ccccc1Br)[C@@H]1CCCN1. The van der Waals surface area contributed by atoms with E-state index in [1.165, 1.54) is 0 Å². The van der Waals surface area contributed by atoms with Crippen molar-refractivity contribution in [3.63, 3.8) is 0 Å². The van der Waals surface area contributed by atoms with Crippen LogP contribution in [-0.4, -0.2) is 18.6 Å². The van der Waals surface area contributed by atoms with E-state index in [9.17, 15) is 4.79 Å². The van der Waals surface area contributed by atoms with Gasteiger partial charge in [-0.05, 0) is 25.5 Å². The molecule has 0 saturated carbocycles. The van der Waals surface area contributed by atoms with Gasteiger partial charge in [-0.1, -0.05) is 34.1 Å². The molecule has 1 heterocycles. The molecular formula is C12H14BrNO2. The van der Waals surface area contributed by atoms with Crippen LogP contribution in [0.4, 0.5) is 0 Å². The maximum Gasteiger partial charge on any atom is 0.323 e. The number of hydrogen-bond acceptors (Lipinski definition) is 3. The van der Waals surface area contributed by atoms with Gasteiger partial charge in [-0.15, -0.1) is 0 Å². The Kier molecular flexibility index (Phi) is 3.96. The second-order valence-electron chi connectivity index (χ2n) is 3.85. The second-order valence-corrected chi connectivity index (χ2v) is 4.70. The standard InChI is InChI=1S/C12H14BrNO2/c13-10-5-2-1-4-9(10)8-16-12(15)11-6-3-7-14-11/h1-2,4-5,11,14H,3,6-8H2/t11-/m0/s1. The fourth-order valence-electron chi connectivity index (χ4n) is 1.75. The molecule has 1 fully saturated rings. The van der Waals surface area contributed by atoms with E-state index in [-0.39, 0.29) is 12.0 Å². The maximum atomic E-state index is 11.6. The van der Waals surface area contributed by atoms with Gasteiger partial charge >= 0.3 is 5.97 Å². The summed E-state index contributed by atoms with van der Waals surface area (Å²) in [6.45, 7) is 1.24. The van der Waals surface area contributed by atoms with Gasteiger partial charge in [0.05, 0.1) is 0 Å². The number of ether oxygens (including phenoxy) is 1. The van der Waals surface area contributed by atoms with Gasteiger partial charge in [0.25, 0.3) is 0 Å². The first kappa shape index (κ1) is 11.6. The van der Waals surface area contributed by atoms with Gasteiger partial charge in [0.1, 0.15) is 12.6 Å². The molecule has 1 saturated heterocycles. The molecule has 0 unspecified atom stereocenters. The molecule has 2 rings (SSSR count). The highest BCUT2D eigenvalue weighted by Gasteiger charge is 2.23.